The Hall–Kier alpha value is -1.13. The molecule has 7 heteroatoms. The fourth-order valence-electron chi connectivity index (χ4n) is 2.29. The van der Waals surface area contributed by atoms with E-state index in [9.17, 15) is 8.42 Å². The molecular weight excluding hydrogens is 298 g/mol. The van der Waals surface area contributed by atoms with Gasteiger partial charge in [-0.05, 0) is 38.1 Å². The number of rotatable bonds is 3. The summed E-state index contributed by atoms with van der Waals surface area (Å²) < 4.78 is 26.6. The number of piperidine rings is 1. The summed E-state index contributed by atoms with van der Waals surface area (Å²) in [6, 6.07) is 6.31. The van der Waals surface area contributed by atoms with Crippen LogP contribution >= 0.6 is 11.6 Å². The Morgan fingerprint density at radius 3 is 2.85 bits per heavy atom. The van der Waals surface area contributed by atoms with Gasteiger partial charge in [0.05, 0.1) is 15.5 Å². The fraction of sp³-hybridized carbons (Fsp3) is 0.462. The van der Waals surface area contributed by atoms with Gasteiger partial charge in [-0.3, -0.25) is 0 Å². The molecule has 1 unspecified atom stereocenters. The molecule has 0 saturated carbocycles. The highest BCUT2D eigenvalue weighted by atomic mass is 35.5. The minimum Gasteiger partial charge on any atom is -0.316 e. The van der Waals surface area contributed by atoms with Crippen LogP contribution in [-0.2, 0) is 10.0 Å². The topological polar surface area (TPSA) is 73.2 Å². The van der Waals surface area contributed by atoms with Gasteiger partial charge in [-0.1, -0.05) is 11.6 Å². The molecule has 0 bridgehead atoms. The number of nitriles is 1. The smallest absolute Gasteiger partial charge is 0.243 e. The molecule has 0 aromatic heterocycles. The first-order valence-corrected chi connectivity index (χ1v) is 8.18. The molecule has 1 atom stereocenters. The number of likely N-dealkylation sites (N-methyl/N-ethyl adjacent to an activating group) is 1. The number of nitrogens with one attached hydrogen (secondary N) is 1. The zero-order valence-corrected chi connectivity index (χ0v) is 12.7. The summed E-state index contributed by atoms with van der Waals surface area (Å²) in [5.74, 6) is 0. The molecule has 1 heterocycles. The van der Waals surface area contributed by atoms with Crippen molar-refractivity contribution in [2.45, 2.75) is 23.8 Å². The van der Waals surface area contributed by atoms with E-state index in [-0.39, 0.29) is 21.5 Å². The van der Waals surface area contributed by atoms with Crippen LogP contribution in [0.2, 0.25) is 5.02 Å². The maximum absolute atomic E-state index is 12.6. The van der Waals surface area contributed by atoms with Gasteiger partial charge in [0, 0.05) is 19.1 Å². The van der Waals surface area contributed by atoms with Crippen molar-refractivity contribution in [3.63, 3.8) is 0 Å². The van der Waals surface area contributed by atoms with Gasteiger partial charge in [-0.15, -0.1) is 0 Å². The lowest BCUT2D eigenvalue weighted by Crippen LogP contribution is -2.46. The lowest BCUT2D eigenvalue weighted by atomic mass is 10.1. The third-order valence-corrected chi connectivity index (χ3v) is 5.66. The number of benzene rings is 1. The highest BCUT2D eigenvalue weighted by Crippen LogP contribution is 2.25. The quantitative estimate of drug-likeness (QED) is 0.919. The highest BCUT2D eigenvalue weighted by molar-refractivity contribution is 7.89. The predicted octanol–water partition coefficient (Wildman–Crippen LogP) is 1.58. The van der Waals surface area contributed by atoms with Gasteiger partial charge < -0.3 is 5.32 Å². The van der Waals surface area contributed by atoms with E-state index >= 15 is 0 Å². The standard InChI is InChI=1S/C13H16ClN3O2S/c1-16-11-3-2-6-17(9-11)20(18,19)12-5-4-10(8-15)13(14)7-12/h4-5,7,11,16H,2-3,6,9H2,1H3. The van der Waals surface area contributed by atoms with Crippen LogP contribution in [0.1, 0.15) is 18.4 Å². The molecule has 1 aliphatic heterocycles. The number of hydrogen-bond donors (Lipinski definition) is 1. The van der Waals surface area contributed by atoms with E-state index in [4.69, 9.17) is 16.9 Å². The molecule has 5 nitrogen and oxygen atoms in total. The van der Waals surface area contributed by atoms with Gasteiger partial charge in [0.1, 0.15) is 6.07 Å². The van der Waals surface area contributed by atoms with Gasteiger partial charge in [0.2, 0.25) is 10.0 Å². The van der Waals surface area contributed by atoms with Gasteiger partial charge in [0.15, 0.2) is 0 Å². The minimum absolute atomic E-state index is 0.137. The summed E-state index contributed by atoms with van der Waals surface area (Å²) in [6.45, 7) is 0.967. The van der Waals surface area contributed by atoms with E-state index in [1.54, 1.807) is 0 Å². The first-order valence-electron chi connectivity index (χ1n) is 6.36. The van der Waals surface area contributed by atoms with E-state index in [1.165, 1.54) is 22.5 Å². The van der Waals surface area contributed by atoms with E-state index in [0.717, 1.165) is 12.8 Å². The lowest BCUT2D eigenvalue weighted by Gasteiger charge is -2.31. The van der Waals surface area contributed by atoms with Crippen LogP contribution in [0.25, 0.3) is 0 Å². The van der Waals surface area contributed by atoms with Crippen LogP contribution in [0.15, 0.2) is 23.1 Å². The summed E-state index contributed by atoms with van der Waals surface area (Å²) in [5.41, 5.74) is 0.275. The summed E-state index contributed by atoms with van der Waals surface area (Å²) in [6.07, 6.45) is 1.80. The second-order valence-electron chi connectivity index (χ2n) is 4.74. The van der Waals surface area contributed by atoms with E-state index in [2.05, 4.69) is 5.32 Å². The summed E-state index contributed by atoms with van der Waals surface area (Å²) in [5, 5.41) is 12.1. The van der Waals surface area contributed by atoms with Crippen molar-refractivity contribution >= 4 is 21.6 Å². The molecule has 0 aliphatic carbocycles. The van der Waals surface area contributed by atoms with E-state index in [1.807, 2.05) is 13.1 Å². The molecule has 1 aromatic rings. The fourth-order valence-corrected chi connectivity index (χ4v) is 4.13. The van der Waals surface area contributed by atoms with Gasteiger partial charge >= 0.3 is 0 Å². The number of halogens is 1. The van der Waals surface area contributed by atoms with E-state index < -0.39 is 10.0 Å². The van der Waals surface area contributed by atoms with Crippen LogP contribution in [-0.4, -0.2) is 38.9 Å². The zero-order chi connectivity index (χ0) is 14.8. The average molecular weight is 314 g/mol. The maximum Gasteiger partial charge on any atom is 0.243 e. The summed E-state index contributed by atoms with van der Waals surface area (Å²) >= 11 is 5.91. The first kappa shape index (κ1) is 15.3. The largest absolute Gasteiger partial charge is 0.316 e. The van der Waals surface area contributed by atoms with Gasteiger partial charge in [-0.2, -0.15) is 9.57 Å². The minimum atomic E-state index is -3.55. The van der Waals surface area contributed by atoms with Crippen molar-refractivity contribution in [3.8, 4) is 6.07 Å². The molecule has 1 saturated heterocycles. The lowest BCUT2D eigenvalue weighted by molar-refractivity contribution is 0.293. The molecule has 1 aromatic carbocycles. The second kappa shape index (κ2) is 6.10. The Morgan fingerprint density at radius 2 is 2.25 bits per heavy atom. The third-order valence-electron chi connectivity index (χ3n) is 3.49. The highest BCUT2D eigenvalue weighted by Gasteiger charge is 2.29. The van der Waals surface area contributed by atoms with Crippen molar-refractivity contribution < 1.29 is 8.42 Å². The molecule has 0 amide bonds. The normalized spacial score (nSPS) is 20.6. The number of hydrogen-bond acceptors (Lipinski definition) is 4. The molecule has 1 N–H and O–H groups in total. The predicted molar refractivity (Wildman–Crippen MR) is 77.0 cm³/mol. The number of sulfonamides is 1. The van der Waals surface area contributed by atoms with Crippen LogP contribution < -0.4 is 5.32 Å². The van der Waals surface area contributed by atoms with Crippen molar-refractivity contribution in [3.05, 3.63) is 28.8 Å². The molecule has 1 fully saturated rings. The van der Waals surface area contributed by atoms with Crippen molar-refractivity contribution in [1.29, 1.82) is 5.26 Å². The van der Waals surface area contributed by atoms with Crippen LogP contribution in [0.3, 0.4) is 0 Å². The van der Waals surface area contributed by atoms with Crippen LogP contribution in [0.4, 0.5) is 0 Å². The van der Waals surface area contributed by atoms with Crippen LogP contribution in [0, 0.1) is 11.3 Å². The zero-order valence-electron chi connectivity index (χ0n) is 11.1. The average Bonchev–Trinajstić information content (AvgIpc) is 2.47. The Morgan fingerprint density at radius 1 is 1.50 bits per heavy atom. The first-order chi connectivity index (χ1) is 9.48. The van der Waals surface area contributed by atoms with Crippen molar-refractivity contribution in [2.75, 3.05) is 20.1 Å². The molecule has 0 spiro atoms. The molecule has 2 rings (SSSR count). The monoisotopic (exact) mass is 313 g/mol. The molecule has 108 valence electrons. The van der Waals surface area contributed by atoms with Gasteiger partial charge in [-0.25, -0.2) is 8.42 Å². The summed E-state index contributed by atoms with van der Waals surface area (Å²) in [7, 11) is -1.72. The Kier molecular flexibility index (Phi) is 4.66. The molecule has 20 heavy (non-hydrogen) atoms. The number of nitrogens with zero attached hydrogens (tertiary/aromatic N) is 2. The SMILES string of the molecule is CNC1CCCN(S(=O)(=O)c2ccc(C#N)c(Cl)c2)C1. The Bertz CT molecular complexity index is 640. The third kappa shape index (κ3) is 2.96. The van der Waals surface area contributed by atoms with Crippen LogP contribution in [0.5, 0.6) is 0 Å². The van der Waals surface area contributed by atoms with E-state index in [0.29, 0.717) is 13.1 Å². The van der Waals surface area contributed by atoms with Crippen molar-refractivity contribution in [2.24, 2.45) is 0 Å². The molecule has 0 radical (unpaired) electrons. The molecular formula is C13H16ClN3O2S. The second-order valence-corrected chi connectivity index (χ2v) is 7.09. The maximum atomic E-state index is 12.6. The van der Waals surface area contributed by atoms with Gasteiger partial charge in [0.25, 0.3) is 0 Å². The Balaban J connectivity index is 2.31. The van der Waals surface area contributed by atoms with Crippen molar-refractivity contribution in [1.82, 2.24) is 9.62 Å². The molecule has 1 aliphatic rings. The Labute approximate surface area is 124 Å². The summed E-state index contributed by atoms with van der Waals surface area (Å²) in [4.78, 5) is 0.137.